The van der Waals surface area contributed by atoms with Crippen molar-refractivity contribution in [3.05, 3.63) is 11.4 Å². The SMILES string of the molecule is CCn1nc(C)c(N)c1C(=O)N(C)CCC(C)C. The fourth-order valence-electron chi connectivity index (χ4n) is 1.78. The molecule has 5 heteroatoms. The monoisotopic (exact) mass is 252 g/mol. The minimum atomic E-state index is -0.0457. The van der Waals surface area contributed by atoms with E-state index in [0.717, 1.165) is 18.7 Å². The summed E-state index contributed by atoms with van der Waals surface area (Å²) in [5, 5.41) is 4.27. The zero-order valence-corrected chi connectivity index (χ0v) is 12.0. The summed E-state index contributed by atoms with van der Waals surface area (Å²) in [7, 11) is 1.81. The zero-order chi connectivity index (χ0) is 13.9. The summed E-state index contributed by atoms with van der Waals surface area (Å²) in [4.78, 5) is 14.1. The van der Waals surface area contributed by atoms with Gasteiger partial charge in [0, 0.05) is 20.1 Å². The van der Waals surface area contributed by atoms with Gasteiger partial charge in [-0.2, -0.15) is 5.10 Å². The van der Waals surface area contributed by atoms with Crippen molar-refractivity contribution in [2.45, 2.75) is 40.7 Å². The summed E-state index contributed by atoms with van der Waals surface area (Å²) >= 11 is 0. The van der Waals surface area contributed by atoms with E-state index in [4.69, 9.17) is 5.73 Å². The Morgan fingerprint density at radius 3 is 2.61 bits per heavy atom. The van der Waals surface area contributed by atoms with Crippen LogP contribution in [0.4, 0.5) is 5.69 Å². The lowest BCUT2D eigenvalue weighted by Gasteiger charge is -2.19. The first kappa shape index (κ1) is 14.5. The minimum absolute atomic E-state index is 0.0457. The van der Waals surface area contributed by atoms with Gasteiger partial charge in [0.2, 0.25) is 0 Å². The Labute approximate surface area is 109 Å². The number of nitrogens with two attached hydrogens (primary N) is 1. The van der Waals surface area contributed by atoms with Crippen molar-refractivity contribution in [1.82, 2.24) is 14.7 Å². The highest BCUT2D eigenvalue weighted by atomic mass is 16.2. The maximum Gasteiger partial charge on any atom is 0.274 e. The number of anilines is 1. The molecule has 0 saturated carbocycles. The molecular weight excluding hydrogens is 228 g/mol. The molecule has 0 radical (unpaired) electrons. The topological polar surface area (TPSA) is 64.2 Å². The summed E-state index contributed by atoms with van der Waals surface area (Å²) in [6.45, 7) is 9.46. The Kier molecular flexibility index (Phi) is 4.76. The molecule has 0 unspecified atom stereocenters. The molecule has 0 bridgehead atoms. The molecule has 0 aliphatic rings. The first-order chi connectivity index (χ1) is 8.38. The maximum absolute atomic E-state index is 12.4. The van der Waals surface area contributed by atoms with Gasteiger partial charge in [0.25, 0.3) is 5.91 Å². The third-order valence-corrected chi connectivity index (χ3v) is 3.06. The summed E-state index contributed by atoms with van der Waals surface area (Å²) in [5.74, 6) is 0.533. The summed E-state index contributed by atoms with van der Waals surface area (Å²) in [6.07, 6.45) is 0.987. The van der Waals surface area contributed by atoms with Crippen molar-refractivity contribution < 1.29 is 4.79 Å². The summed E-state index contributed by atoms with van der Waals surface area (Å²) in [6, 6.07) is 0. The van der Waals surface area contributed by atoms with E-state index in [0.29, 0.717) is 23.8 Å². The first-order valence-electron chi connectivity index (χ1n) is 6.46. The third kappa shape index (κ3) is 3.03. The molecule has 0 spiro atoms. The van der Waals surface area contributed by atoms with E-state index in [1.807, 2.05) is 20.9 Å². The standard InChI is InChI=1S/C13H24N4O/c1-6-17-12(11(14)10(4)15-17)13(18)16(5)8-7-9(2)3/h9H,6-8,14H2,1-5H3. The molecule has 102 valence electrons. The Bertz CT molecular complexity index is 423. The molecule has 2 N–H and O–H groups in total. The highest BCUT2D eigenvalue weighted by Crippen LogP contribution is 2.18. The van der Waals surface area contributed by atoms with E-state index < -0.39 is 0 Å². The van der Waals surface area contributed by atoms with Crippen LogP contribution < -0.4 is 5.73 Å². The number of hydrogen-bond acceptors (Lipinski definition) is 3. The van der Waals surface area contributed by atoms with Crippen LogP contribution >= 0.6 is 0 Å². The van der Waals surface area contributed by atoms with E-state index in [1.165, 1.54) is 0 Å². The van der Waals surface area contributed by atoms with Crippen molar-refractivity contribution in [2.24, 2.45) is 5.92 Å². The van der Waals surface area contributed by atoms with Gasteiger partial charge in [-0.1, -0.05) is 13.8 Å². The molecule has 0 aromatic carbocycles. The number of carbonyl (C=O) groups is 1. The predicted octanol–water partition coefficient (Wildman–Crippen LogP) is 1.91. The number of hydrogen-bond donors (Lipinski definition) is 1. The van der Waals surface area contributed by atoms with E-state index in [1.54, 1.807) is 9.58 Å². The molecule has 0 aliphatic carbocycles. The number of amides is 1. The number of rotatable bonds is 5. The number of aryl methyl sites for hydroxylation is 2. The maximum atomic E-state index is 12.4. The Hall–Kier alpha value is -1.52. The average molecular weight is 252 g/mol. The fourth-order valence-corrected chi connectivity index (χ4v) is 1.78. The van der Waals surface area contributed by atoms with Crippen molar-refractivity contribution in [3.63, 3.8) is 0 Å². The molecular formula is C13H24N4O. The van der Waals surface area contributed by atoms with Crippen molar-refractivity contribution in [3.8, 4) is 0 Å². The molecule has 18 heavy (non-hydrogen) atoms. The van der Waals surface area contributed by atoms with E-state index >= 15 is 0 Å². The van der Waals surface area contributed by atoms with Crippen LogP contribution in [-0.4, -0.2) is 34.2 Å². The van der Waals surface area contributed by atoms with Gasteiger partial charge in [-0.3, -0.25) is 9.48 Å². The van der Waals surface area contributed by atoms with Crippen molar-refractivity contribution in [2.75, 3.05) is 19.3 Å². The summed E-state index contributed by atoms with van der Waals surface area (Å²) < 4.78 is 1.68. The lowest BCUT2D eigenvalue weighted by molar-refractivity contribution is 0.0778. The van der Waals surface area contributed by atoms with Crippen LogP contribution in [0.25, 0.3) is 0 Å². The second-order valence-electron chi connectivity index (χ2n) is 5.07. The van der Waals surface area contributed by atoms with E-state index in [2.05, 4.69) is 18.9 Å². The van der Waals surface area contributed by atoms with Crippen LogP contribution in [0.1, 0.15) is 43.4 Å². The normalized spacial score (nSPS) is 11.0. The highest BCUT2D eigenvalue weighted by Gasteiger charge is 2.22. The zero-order valence-electron chi connectivity index (χ0n) is 12.0. The molecule has 0 saturated heterocycles. The molecule has 1 aromatic rings. The minimum Gasteiger partial charge on any atom is -0.395 e. The van der Waals surface area contributed by atoms with Gasteiger partial charge in [-0.05, 0) is 26.2 Å². The molecule has 0 aliphatic heterocycles. The van der Waals surface area contributed by atoms with Gasteiger partial charge >= 0.3 is 0 Å². The number of carbonyl (C=O) groups excluding carboxylic acids is 1. The fraction of sp³-hybridized carbons (Fsp3) is 0.692. The van der Waals surface area contributed by atoms with Gasteiger partial charge < -0.3 is 10.6 Å². The Morgan fingerprint density at radius 1 is 1.50 bits per heavy atom. The molecule has 1 amide bonds. The molecule has 0 fully saturated rings. The van der Waals surface area contributed by atoms with Crippen molar-refractivity contribution in [1.29, 1.82) is 0 Å². The van der Waals surface area contributed by atoms with Crippen LogP contribution in [0, 0.1) is 12.8 Å². The van der Waals surface area contributed by atoms with Crippen LogP contribution in [0.15, 0.2) is 0 Å². The van der Waals surface area contributed by atoms with Crippen LogP contribution in [0.2, 0.25) is 0 Å². The average Bonchev–Trinajstić information content (AvgIpc) is 2.61. The summed E-state index contributed by atoms with van der Waals surface area (Å²) in [5.41, 5.74) is 7.68. The third-order valence-electron chi connectivity index (χ3n) is 3.06. The molecule has 1 heterocycles. The predicted molar refractivity (Wildman–Crippen MR) is 73.5 cm³/mol. The second-order valence-corrected chi connectivity index (χ2v) is 5.07. The van der Waals surface area contributed by atoms with Gasteiger partial charge in [0.15, 0.2) is 0 Å². The van der Waals surface area contributed by atoms with Gasteiger partial charge in [0.1, 0.15) is 5.69 Å². The largest absolute Gasteiger partial charge is 0.395 e. The number of nitrogens with zero attached hydrogens (tertiary/aromatic N) is 3. The Balaban J connectivity index is 2.89. The van der Waals surface area contributed by atoms with E-state index in [-0.39, 0.29) is 5.91 Å². The van der Waals surface area contributed by atoms with Crippen LogP contribution in [-0.2, 0) is 6.54 Å². The van der Waals surface area contributed by atoms with Crippen LogP contribution in [0.3, 0.4) is 0 Å². The van der Waals surface area contributed by atoms with Gasteiger partial charge in [0.05, 0.1) is 11.4 Å². The Morgan fingerprint density at radius 2 is 2.11 bits per heavy atom. The first-order valence-corrected chi connectivity index (χ1v) is 6.46. The van der Waals surface area contributed by atoms with Crippen molar-refractivity contribution >= 4 is 11.6 Å². The second kappa shape index (κ2) is 5.89. The lowest BCUT2D eigenvalue weighted by atomic mass is 10.1. The number of nitrogen functional groups attached to an aromatic ring is 1. The van der Waals surface area contributed by atoms with Crippen LogP contribution in [0.5, 0.6) is 0 Å². The smallest absolute Gasteiger partial charge is 0.274 e. The van der Waals surface area contributed by atoms with Gasteiger partial charge in [-0.25, -0.2) is 0 Å². The quantitative estimate of drug-likeness (QED) is 0.870. The van der Waals surface area contributed by atoms with Gasteiger partial charge in [-0.15, -0.1) is 0 Å². The molecule has 0 atom stereocenters. The van der Waals surface area contributed by atoms with E-state index in [9.17, 15) is 4.79 Å². The lowest BCUT2D eigenvalue weighted by Crippen LogP contribution is -2.31. The number of aromatic nitrogens is 2. The molecule has 5 nitrogen and oxygen atoms in total. The highest BCUT2D eigenvalue weighted by molar-refractivity contribution is 5.97. The molecule has 1 aromatic heterocycles. The molecule has 1 rings (SSSR count).